The number of aromatic nitrogens is 2. The normalized spacial score (nSPS) is 11.8. The van der Waals surface area contributed by atoms with E-state index in [1.165, 1.54) is 21.9 Å². The maximum atomic E-state index is 5.73. The Labute approximate surface area is 149 Å². The highest BCUT2D eigenvalue weighted by atomic mass is 16.5. The molecule has 0 fully saturated rings. The Morgan fingerprint density at radius 3 is 2.36 bits per heavy atom. The fourth-order valence-electron chi connectivity index (χ4n) is 3.14. The summed E-state index contributed by atoms with van der Waals surface area (Å²) in [6.45, 7) is 8.99. The van der Waals surface area contributed by atoms with Crippen LogP contribution in [-0.2, 0) is 0 Å². The van der Waals surface area contributed by atoms with Crippen LogP contribution in [0, 0.1) is 13.8 Å². The van der Waals surface area contributed by atoms with Gasteiger partial charge in [-0.3, -0.25) is 0 Å². The van der Waals surface area contributed by atoms with Crippen molar-refractivity contribution in [3.05, 3.63) is 71.3 Å². The van der Waals surface area contributed by atoms with Gasteiger partial charge in [-0.25, -0.2) is 9.97 Å². The van der Waals surface area contributed by atoms with Crippen molar-refractivity contribution in [2.24, 2.45) is 0 Å². The number of allylic oxidation sites excluding steroid dienone is 1. The van der Waals surface area contributed by atoms with Gasteiger partial charge < -0.3 is 4.74 Å². The van der Waals surface area contributed by atoms with Gasteiger partial charge in [0.05, 0.1) is 6.61 Å². The van der Waals surface area contributed by atoms with Crippen molar-refractivity contribution < 1.29 is 4.74 Å². The van der Waals surface area contributed by atoms with E-state index >= 15 is 0 Å². The standard InChI is InChI=1S/C22H24N2O/c1-5-11-25-20-10-9-17-12-19(8-7-18(17)13-20)21(6-2)22-15(3)23-14-24-16(22)4/h6-10,12-14H,5,11H2,1-4H3/b21-6-. The second-order valence-electron chi connectivity index (χ2n) is 6.19. The first-order chi connectivity index (χ1) is 12.1. The summed E-state index contributed by atoms with van der Waals surface area (Å²) in [7, 11) is 0. The SMILES string of the molecule is C/C=C(/c1ccc2cc(OCCC)ccc2c1)c1c(C)ncnc1C. The van der Waals surface area contributed by atoms with Gasteiger partial charge in [-0.05, 0) is 67.3 Å². The number of aryl methyl sites for hydroxylation is 2. The molecule has 0 saturated carbocycles. The fraction of sp³-hybridized carbons (Fsp3) is 0.273. The Bertz CT molecular complexity index is 908. The van der Waals surface area contributed by atoms with E-state index in [1.807, 2.05) is 19.9 Å². The summed E-state index contributed by atoms with van der Waals surface area (Å²) in [5.74, 6) is 0.927. The number of benzene rings is 2. The first-order valence-corrected chi connectivity index (χ1v) is 8.76. The lowest BCUT2D eigenvalue weighted by Crippen LogP contribution is -2.00. The van der Waals surface area contributed by atoms with Crippen molar-refractivity contribution in [1.82, 2.24) is 9.97 Å². The number of hydrogen-bond acceptors (Lipinski definition) is 3. The van der Waals surface area contributed by atoms with Crippen LogP contribution in [0.15, 0.2) is 48.8 Å². The van der Waals surface area contributed by atoms with E-state index in [2.05, 4.69) is 60.2 Å². The van der Waals surface area contributed by atoms with Crippen LogP contribution in [0.25, 0.3) is 16.3 Å². The van der Waals surface area contributed by atoms with Gasteiger partial charge in [0.1, 0.15) is 12.1 Å². The highest BCUT2D eigenvalue weighted by Crippen LogP contribution is 2.30. The van der Waals surface area contributed by atoms with Crippen LogP contribution in [0.5, 0.6) is 5.75 Å². The van der Waals surface area contributed by atoms with Gasteiger partial charge in [0.25, 0.3) is 0 Å². The number of ether oxygens (including phenoxy) is 1. The smallest absolute Gasteiger partial charge is 0.119 e. The Morgan fingerprint density at radius 2 is 1.68 bits per heavy atom. The van der Waals surface area contributed by atoms with E-state index in [-0.39, 0.29) is 0 Å². The first-order valence-electron chi connectivity index (χ1n) is 8.76. The van der Waals surface area contributed by atoms with E-state index in [9.17, 15) is 0 Å². The topological polar surface area (TPSA) is 35.0 Å². The molecule has 0 amide bonds. The minimum absolute atomic E-state index is 0.749. The highest BCUT2D eigenvalue weighted by Gasteiger charge is 2.12. The van der Waals surface area contributed by atoms with E-state index in [0.29, 0.717) is 0 Å². The van der Waals surface area contributed by atoms with Gasteiger partial charge >= 0.3 is 0 Å². The van der Waals surface area contributed by atoms with Crippen LogP contribution >= 0.6 is 0 Å². The average molecular weight is 332 g/mol. The molecule has 3 rings (SSSR count). The molecule has 3 heteroatoms. The minimum Gasteiger partial charge on any atom is -0.494 e. The summed E-state index contributed by atoms with van der Waals surface area (Å²) >= 11 is 0. The van der Waals surface area contributed by atoms with Crippen molar-refractivity contribution in [2.75, 3.05) is 6.61 Å². The molecule has 1 aromatic heterocycles. The second kappa shape index (κ2) is 7.47. The van der Waals surface area contributed by atoms with Crippen molar-refractivity contribution in [3.63, 3.8) is 0 Å². The van der Waals surface area contributed by atoms with Gasteiger partial charge in [0.2, 0.25) is 0 Å². The molecule has 1 heterocycles. The second-order valence-corrected chi connectivity index (χ2v) is 6.19. The highest BCUT2D eigenvalue weighted by molar-refractivity contribution is 5.90. The third-order valence-electron chi connectivity index (χ3n) is 4.38. The third-order valence-corrected chi connectivity index (χ3v) is 4.38. The molecule has 0 unspecified atom stereocenters. The zero-order valence-corrected chi connectivity index (χ0v) is 15.3. The average Bonchev–Trinajstić information content (AvgIpc) is 2.62. The summed E-state index contributed by atoms with van der Waals surface area (Å²) in [5.41, 5.74) is 5.47. The number of hydrogen-bond donors (Lipinski definition) is 0. The molecule has 25 heavy (non-hydrogen) atoms. The van der Waals surface area contributed by atoms with Gasteiger partial charge in [0, 0.05) is 17.0 Å². The zero-order valence-electron chi connectivity index (χ0n) is 15.3. The van der Waals surface area contributed by atoms with E-state index in [1.54, 1.807) is 6.33 Å². The minimum atomic E-state index is 0.749. The van der Waals surface area contributed by atoms with Crippen molar-refractivity contribution in [3.8, 4) is 5.75 Å². The predicted molar refractivity (Wildman–Crippen MR) is 104 cm³/mol. The lowest BCUT2D eigenvalue weighted by molar-refractivity contribution is 0.318. The Kier molecular flexibility index (Phi) is 5.13. The van der Waals surface area contributed by atoms with Crippen molar-refractivity contribution >= 4 is 16.3 Å². The number of rotatable bonds is 5. The maximum Gasteiger partial charge on any atom is 0.119 e. The lowest BCUT2D eigenvalue weighted by atomic mass is 9.93. The molecule has 0 atom stereocenters. The molecule has 3 nitrogen and oxygen atoms in total. The molecule has 0 saturated heterocycles. The molecule has 0 aliphatic heterocycles. The molecule has 3 aromatic rings. The molecule has 0 aliphatic carbocycles. The Morgan fingerprint density at radius 1 is 1.00 bits per heavy atom. The summed E-state index contributed by atoms with van der Waals surface area (Å²) in [4.78, 5) is 8.74. The van der Waals surface area contributed by atoms with Crippen molar-refractivity contribution in [2.45, 2.75) is 34.1 Å². The molecule has 128 valence electrons. The summed E-state index contributed by atoms with van der Waals surface area (Å²) in [6, 6.07) is 12.8. The van der Waals surface area contributed by atoms with Crippen molar-refractivity contribution in [1.29, 1.82) is 0 Å². The Hall–Kier alpha value is -2.68. The van der Waals surface area contributed by atoms with Gasteiger partial charge in [-0.1, -0.05) is 31.2 Å². The van der Waals surface area contributed by atoms with Crippen LogP contribution in [-0.4, -0.2) is 16.6 Å². The van der Waals surface area contributed by atoms with Gasteiger partial charge in [-0.15, -0.1) is 0 Å². The maximum absolute atomic E-state index is 5.73. The van der Waals surface area contributed by atoms with Crippen LogP contribution in [0.3, 0.4) is 0 Å². The lowest BCUT2D eigenvalue weighted by Gasteiger charge is -2.14. The van der Waals surface area contributed by atoms with Crippen LogP contribution in [0.1, 0.15) is 42.8 Å². The molecule has 0 spiro atoms. The molecular formula is C22H24N2O. The molecule has 0 N–H and O–H groups in total. The zero-order chi connectivity index (χ0) is 17.8. The number of fused-ring (bicyclic) bond motifs is 1. The van der Waals surface area contributed by atoms with Gasteiger partial charge in [0.15, 0.2) is 0 Å². The predicted octanol–water partition coefficient (Wildman–Crippen LogP) is 5.49. The molecule has 0 bridgehead atoms. The van der Waals surface area contributed by atoms with Crippen LogP contribution in [0.4, 0.5) is 0 Å². The number of nitrogens with zero attached hydrogens (tertiary/aromatic N) is 2. The fourth-order valence-corrected chi connectivity index (χ4v) is 3.14. The quantitative estimate of drug-likeness (QED) is 0.620. The van der Waals surface area contributed by atoms with Gasteiger partial charge in [-0.2, -0.15) is 0 Å². The molecule has 2 aromatic carbocycles. The largest absolute Gasteiger partial charge is 0.494 e. The summed E-state index contributed by atoms with van der Waals surface area (Å²) < 4.78 is 5.73. The first kappa shape index (κ1) is 17.2. The van der Waals surface area contributed by atoms with E-state index in [0.717, 1.165) is 35.7 Å². The molecule has 0 aliphatic rings. The Balaban J connectivity index is 2.03. The summed E-state index contributed by atoms with van der Waals surface area (Å²) in [5, 5.41) is 2.39. The molecular weight excluding hydrogens is 308 g/mol. The summed E-state index contributed by atoms with van der Waals surface area (Å²) in [6.07, 6.45) is 4.78. The monoisotopic (exact) mass is 332 g/mol. The van der Waals surface area contributed by atoms with Crippen LogP contribution < -0.4 is 4.74 Å². The third kappa shape index (κ3) is 3.55. The van der Waals surface area contributed by atoms with E-state index in [4.69, 9.17) is 4.74 Å². The molecule has 0 radical (unpaired) electrons. The van der Waals surface area contributed by atoms with Crippen LogP contribution in [0.2, 0.25) is 0 Å². The van der Waals surface area contributed by atoms with E-state index < -0.39 is 0 Å².